The quantitative estimate of drug-likeness (QED) is 0.636. The number of aromatic nitrogens is 2. The van der Waals surface area contributed by atoms with Crippen molar-refractivity contribution in [3.05, 3.63) is 24.4 Å². The van der Waals surface area contributed by atoms with Gasteiger partial charge in [-0.25, -0.2) is 9.97 Å². The van der Waals surface area contributed by atoms with Crippen LogP contribution in [0.15, 0.2) is 12.4 Å². The van der Waals surface area contributed by atoms with Gasteiger partial charge < -0.3 is 11.1 Å². The molecule has 1 rings (SSSR count). The summed E-state index contributed by atoms with van der Waals surface area (Å²) in [5, 5.41) is 2.76. The van der Waals surface area contributed by atoms with Crippen molar-refractivity contribution in [2.75, 3.05) is 12.4 Å². The van der Waals surface area contributed by atoms with Crippen molar-refractivity contribution in [3.8, 4) is 0 Å². The number of hydrogen-bond acceptors (Lipinski definition) is 4. The summed E-state index contributed by atoms with van der Waals surface area (Å²) in [6.07, 6.45) is 4.30. The predicted octanol–water partition coefficient (Wildman–Crippen LogP) is -0.444. The number of carbonyl (C=O) groups is 1. The molecule has 5 nitrogen and oxygen atoms in total. The Morgan fingerprint density at radius 2 is 2.17 bits per heavy atom. The Bertz CT molecular complexity index is 269. The highest BCUT2D eigenvalue weighted by Gasteiger charge is 1.99. The highest BCUT2D eigenvalue weighted by molar-refractivity contribution is 5.86. The lowest BCUT2D eigenvalue weighted by atomic mass is 10.2. The second-order valence-electron chi connectivity index (χ2n) is 2.14. The maximum atomic E-state index is 10.4. The molecule has 0 fully saturated rings. The van der Waals surface area contributed by atoms with Gasteiger partial charge in [-0.3, -0.25) is 4.79 Å². The Kier molecular flexibility index (Phi) is 2.57. The van der Waals surface area contributed by atoms with Crippen molar-refractivity contribution >= 4 is 11.9 Å². The molecule has 1 amide bonds. The number of amides is 1. The molecule has 0 aliphatic rings. The maximum absolute atomic E-state index is 10.4. The monoisotopic (exact) mass is 165 g/mol. The van der Waals surface area contributed by atoms with Gasteiger partial charge in [-0.1, -0.05) is 0 Å². The van der Waals surface area contributed by atoms with Gasteiger partial charge >= 0.3 is 0 Å². The summed E-state index contributed by atoms with van der Waals surface area (Å²) in [5.74, 6) is 0.00688. The molecule has 0 aromatic carbocycles. The van der Waals surface area contributed by atoms with E-state index in [0.29, 0.717) is 11.5 Å². The number of carbonyl (C=O) groups excluding carboxylic acids is 1. The molecular formula is C7H9N4O. The van der Waals surface area contributed by atoms with Gasteiger partial charge in [0.1, 0.15) is 0 Å². The molecule has 0 aliphatic heterocycles. The molecule has 1 heterocycles. The summed E-state index contributed by atoms with van der Waals surface area (Å²) < 4.78 is 0. The number of nitrogens with two attached hydrogens (primary N) is 1. The lowest BCUT2D eigenvalue weighted by molar-refractivity contribution is -0.114. The van der Waals surface area contributed by atoms with E-state index in [0.717, 1.165) is 0 Å². The largest absolute Gasteiger partial charge is 0.369 e. The van der Waals surface area contributed by atoms with Gasteiger partial charge in [-0.2, -0.15) is 0 Å². The summed E-state index contributed by atoms with van der Waals surface area (Å²) in [5.41, 5.74) is 5.53. The van der Waals surface area contributed by atoms with Crippen molar-refractivity contribution in [3.63, 3.8) is 0 Å². The van der Waals surface area contributed by atoms with Gasteiger partial charge in [0.15, 0.2) is 0 Å². The van der Waals surface area contributed by atoms with Crippen LogP contribution in [-0.4, -0.2) is 22.9 Å². The molecule has 0 saturated heterocycles. The molecule has 0 aliphatic carbocycles. The fraction of sp³-hybridized carbons (Fsp3) is 0.143. The first kappa shape index (κ1) is 8.45. The summed E-state index contributed by atoms with van der Waals surface area (Å²) >= 11 is 0. The normalized spacial score (nSPS) is 9.42. The van der Waals surface area contributed by atoms with E-state index >= 15 is 0 Å². The number of nitrogens with one attached hydrogen (secondary N) is 1. The van der Waals surface area contributed by atoms with E-state index < -0.39 is 5.91 Å². The maximum Gasteiger partial charge on any atom is 0.226 e. The molecule has 0 spiro atoms. The van der Waals surface area contributed by atoms with Crippen molar-refractivity contribution in [2.24, 2.45) is 5.73 Å². The van der Waals surface area contributed by atoms with Crippen LogP contribution in [0.5, 0.6) is 0 Å². The Labute approximate surface area is 70.0 Å². The Balaban J connectivity index is 2.71. The lowest BCUT2D eigenvalue weighted by Gasteiger charge is -1.98. The third-order valence-electron chi connectivity index (χ3n) is 1.20. The van der Waals surface area contributed by atoms with Crippen LogP contribution in [0.3, 0.4) is 0 Å². The molecular weight excluding hydrogens is 156 g/mol. The van der Waals surface area contributed by atoms with Crippen molar-refractivity contribution in [1.82, 2.24) is 9.97 Å². The number of hydrogen-bond donors (Lipinski definition) is 2. The standard InChI is InChI=1S/C7H9N4O/c1-9-7-10-3-5(4-11-7)2-6(8)12/h2-4H,1H3,(H2,8,12)(H,9,10,11). The van der Waals surface area contributed by atoms with Crippen LogP contribution in [0.1, 0.15) is 5.56 Å². The van der Waals surface area contributed by atoms with E-state index in [1.54, 1.807) is 7.05 Å². The van der Waals surface area contributed by atoms with E-state index in [-0.39, 0.29) is 0 Å². The van der Waals surface area contributed by atoms with Gasteiger partial charge in [-0.15, -0.1) is 0 Å². The third kappa shape index (κ3) is 2.19. The third-order valence-corrected chi connectivity index (χ3v) is 1.20. The van der Waals surface area contributed by atoms with Crippen LogP contribution >= 0.6 is 0 Å². The molecule has 12 heavy (non-hydrogen) atoms. The first-order valence-corrected chi connectivity index (χ1v) is 3.36. The molecule has 5 heteroatoms. The Morgan fingerprint density at radius 1 is 1.58 bits per heavy atom. The predicted molar refractivity (Wildman–Crippen MR) is 44.2 cm³/mol. The highest BCUT2D eigenvalue weighted by atomic mass is 16.1. The molecule has 3 N–H and O–H groups in total. The second-order valence-corrected chi connectivity index (χ2v) is 2.14. The van der Waals surface area contributed by atoms with Crippen molar-refractivity contribution < 1.29 is 4.79 Å². The lowest BCUT2D eigenvalue weighted by Crippen LogP contribution is -2.11. The SMILES string of the molecule is CNc1ncc([CH]C(N)=O)cn1. The van der Waals surface area contributed by atoms with Crippen LogP contribution in [0, 0.1) is 6.42 Å². The van der Waals surface area contributed by atoms with Crippen molar-refractivity contribution in [1.29, 1.82) is 0 Å². The summed E-state index contributed by atoms with van der Waals surface area (Å²) in [6, 6.07) is 0. The van der Waals surface area contributed by atoms with E-state index in [4.69, 9.17) is 5.73 Å². The molecule has 63 valence electrons. The van der Waals surface area contributed by atoms with Crippen LogP contribution in [0.4, 0.5) is 5.95 Å². The smallest absolute Gasteiger partial charge is 0.226 e. The van der Waals surface area contributed by atoms with E-state index in [1.807, 2.05) is 0 Å². The minimum absolute atomic E-state index is 0.504. The average molecular weight is 165 g/mol. The van der Waals surface area contributed by atoms with Crippen molar-refractivity contribution in [2.45, 2.75) is 0 Å². The fourth-order valence-corrected chi connectivity index (χ4v) is 0.706. The van der Waals surface area contributed by atoms with Crippen LogP contribution in [-0.2, 0) is 4.79 Å². The number of nitrogens with zero attached hydrogens (tertiary/aromatic N) is 2. The second kappa shape index (κ2) is 3.66. The van der Waals surface area contributed by atoms with Gasteiger partial charge in [0, 0.05) is 25.0 Å². The molecule has 0 atom stereocenters. The first-order valence-electron chi connectivity index (χ1n) is 3.36. The van der Waals surface area contributed by atoms with Gasteiger partial charge in [-0.05, 0) is 0 Å². The molecule has 0 saturated carbocycles. The minimum Gasteiger partial charge on any atom is -0.369 e. The molecule has 1 radical (unpaired) electrons. The van der Waals surface area contributed by atoms with Crippen LogP contribution < -0.4 is 11.1 Å². The number of rotatable bonds is 3. The van der Waals surface area contributed by atoms with E-state index in [1.165, 1.54) is 18.8 Å². The molecule has 1 aromatic heterocycles. The van der Waals surface area contributed by atoms with E-state index in [2.05, 4.69) is 15.3 Å². The van der Waals surface area contributed by atoms with Crippen LogP contribution in [0.2, 0.25) is 0 Å². The van der Waals surface area contributed by atoms with Gasteiger partial charge in [0.25, 0.3) is 0 Å². The molecule has 1 aromatic rings. The Morgan fingerprint density at radius 3 is 2.58 bits per heavy atom. The van der Waals surface area contributed by atoms with Gasteiger partial charge in [0.05, 0.1) is 6.42 Å². The minimum atomic E-state index is -0.504. The zero-order valence-corrected chi connectivity index (χ0v) is 6.61. The fourth-order valence-electron chi connectivity index (χ4n) is 0.706. The first-order chi connectivity index (χ1) is 5.72. The topological polar surface area (TPSA) is 80.9 Å². The number of anilines is 1. The summed E-state index contributed by atoms with van der Waals surface area (Å²) in [6.45, 7) is 0. The summed E-state index contributed by atoms with van der Waals surface area (Å²) in [4.78, 5) is 18.2. The molecule has 0 unspecified atom stereocenters. The average Bonchev–Trinajstić information content (AvgIpc) is 2.05. The summed E-state index contributed by atoms with van der Waals surface area (Å²) in [7, 11) is 1.72. The van der Waals surface area contributed by atoms with Gasteiger partial charge in [0.2, 0.25) is 11.9 Å². The highest BCUT2D eigenvalue weighted by Crippen LogP contribution is 2.00. The number of primary amides is 1. The molecule has 0 bridgehead atoms. The zero-order valence-electron chi connectivity index (χ0n) is 6.61. The van der Waals surface area contributed by atoms with E-state index in [9.17, 15) is 4.79 Å². The van der Waals surface area contributed by atoms with Crippen LogP contribution in [0.25, 0.3) is 0 Å². The zero-order chi connectivity index (χ0) is 8.97. The Hall–Kier alpha value is -1.65.